The van der Waals surface area contributed by atoms with Crippen molar-refractivity contribution >= 4 is 93.0 Å². The summed E-state index contributed by atoms with van der Waals surface area (Å²) >= 11 is 20.8. The minimum atomic E-state index is -1.11. The third kappa shape index (κ3) is 33.3. The van der Waals surface area contributed by atoms with Gasteiger partial charge in [0, 0.05) is 25.7 Å². The van der Waals surface area contributed by atoms with Crippen LogP contribution < -0.4 is 0 Å². The van der Waals surface area contributed by atoms with Crippen LogP contribution in [0.1, 0.15) is 365 Å². The van der Waals surface area contributed by atoms with Crippen LogP contribution in [0.2, 0.25) is 0 Å². The fourth-order valence-electron chi connectivity index (χ4n) is 12.7. The molecule has 0 saturated heterocycles. The molecule has 121 heavy (non-hydrogen) atoms. The third-order valence-electron chi connectivity index (χ3n) is 21.9. The first kappa shape index (κ1) is 114. The smallest absolute Gasteiger partial charge is 0.305 e. The third-order valence-corrected chi connectivity index (χ3v) is 23.7. The molecule has 688 valence electrons. The van der Waals surface area contributed by atoms with E-state index in [0.717, 1.165) is 92.4 Å². The summed E-state index contributed by atoms with van der Waals surface area (Å²) in [5, 5.41) is 119. The molecule has 0 saturated carbocycles. The van der Waals surface area contributed by atoms with Crippen molar-refractivity contribution < 1.29 is 99.4 Å². The number of carbonyl (C=O) groups is 4. The average molecular weight is 1770 g/mol. The monoisotopic (exact) mass is 1770 g/mol. The van der Waals surface area contributed by atoms with Crippen molar-refractivity contribution in [2.75, 3.05) is 52.9 Å². The molecule has 24 heteroatoms. The minimum absolute atomic E-state index is 0.160. The molecule has 0 radical (unpaired) electrons. The summed E-state index contributed by atoms with van der Waals surface area (Å²) < 4.78 is 20.7. The highest BCUT2D eigenvalue weighted by Crippen LogP contribution is 2.49. The SMILES string of the molecule is CCCOC(=O)CCC(C)(C(O)=S)c1cc(C(C)(C)C)c(O)c(C(C)(C)C)c1.CCCOC(=O)CCC(C)(C(O)=S)c1cc(C(C)(C)C)c(O)c(C(C)(C)C)c1.CCCOC(=O)CCC(C)(C(O)=S)c1cc(C(C)(C)C)c(O)c(C(C)(C)C)c1.CCCOC(=O)CCC(C)(C(O)=S)c1cc(C(C)(C)C)c(O)c(C(C)(C)C)c1.OCC(CO)(CO)CO. The van der Waals surface area contributed by atoms with Crippen LogP contribution in [0.25, 0.3) is 0 Å². The Morgan fingerprint density at radius 3 is 0.471 bits per heavy atom. The number of benzene rings is 4. The van der Waals surface area contributed by atoms with Crippen molar-refractivity contribution in [3.8, 4) is 23.0 Å². The second kappa shape index (κ2) is 46.5. The predicted molar refractivity (Wildman–Crippen MR) is 505 cm³/mol. The van der Waals surface area contributed by atoms with Gasteiger partial charge >= 0.3 is 23.9 Å². The van der Waals surface area contributed by atoms with Crippen molar-refractivity contribution in [1.29, 1.82) is 0 Å². The molecular formula is C97H156O20S4. The first-order valence-corrected chi connectivity index (χ1v) is 44.0. The van der Waals surface area contributed by atoms with Gasteiger partial charge in [0.2, 0.25) is 0 Å². The Morgan fingerprint density at radius 2 is 0.388 bits per heavy atom. The molecule has 0 aliphatic rings. The van der Waals surface area contributed by atoms with E-state index in [1.807, 2.05) is 270 Å². The number of aliphatic hydroxyl groups is 8. The molecule has 4 aromatic rings. The van der Waals surface area contributed by atoms with Crippen LogP contribution in [0.5, 0.6) is 23.0 Å². The molecule has 0 bridgehead atoms. The summed E-state index contributed by atoms with van der Waals surface area (Å²) in [6.07, 6.45) is 5.06. The predicted octanol–water partition coefficient (Wildman–Crippen LogP) is 21.4. The number of aromatic hydroxyl groups is 4. The lowest BCUT2D eigenvalue weighted by atomic mass is 9.72. The summed E-state index contributed by atoms with van der Waals surface area (Å²) in [7, 11) is 0. The van der Waals surface area contributed by atoms with Gasteiger partial charge in [0.25, 0.3) is 0 Å². The highest BCUT2D eigenvalue weighted by molar-refractivity contribution is 7.80. The normalized spacial score (nSPS) is 14.2. The molecule has 12 N–H and O–H groups in total. The largest absolute Gasteiger partial charge is 0.507 e. The highest BCUT2D eigenvalue weighted by atomic mass is 32.1. The molecule has 0 heterocycles. The maximum Gasteiger partial charge on any atom is 0.305 e. The molecule has 0 spiro atoms. The zero-order chi connectivity index (χ0) is 95.0. The van der Waals surface area contributed by atoms with Crippen LogP contribution in [-0.2, 0) is 103 Å². The van der Waals surface area contributed by atoms with E-state index in [1.165, 1.54) is 0 Å². The number of aliphatic hydroxyl groups excluding tert-OH is 8. The van der Waals surface area contributed by atoms with Crippen molar-refractivity contribution in [3.63, 3.8) is 0 Å². The van der Waals surface area contributed by atoms with Gasteiger partial charge in [-0.1, -0.05) is 242 Å². The first-order valence-electron chi connectivity index (χ1n) is 42.3. The summed E-state index contributed by atoms with van der Waals surface area (Å²) in [5.74, 6) is -0.0833. The fraction of sp³-hybridized carbons (Fsp3) is 0.670. The Kier molecular flexibility index (Phi) is 44.0. The number of phenolic OH excluding ortho intramolecular Hbond substituents is 4. The van der Waals surface area contributed by atoms with E-state index in [-0.39, 0.29) is 136 Å². The van der Waals surface area contributed by atoms with Crippen LogP contribution in [0.15, 0.2) is 48.5 Å². The second-order valence-electron chi connectivity index (χ2n) is 41.2. The lowest BCUT2D eigenvalue weighted by Gasteiger charge is -2.33. The Morgan fingerprint density at radius 1 is 0.264 bits per heavy atom. The molecule has 4 unspecified atom stereocenters. The minimum Gasteiger partial charge on any atom is -0.507 e. The standard InChI is InChI=1S/4C23H36O4S.C5H12O4/c4*1-9-12-27-18(24)10-11-23(8,20(26)28)15-13-16(21(2,3)4)19(25)17(14-15)22(5,6)7;6-1-5(2-7,3-8)4-9/h4*13-14,25H,9-12H2,1-8H3,(H,26,28);6-9H,1-4H2. The number of carbonyl (C=O) groups excluding carboxylic acids is 4. The summed E-state index contributed by atoms with van der Waals surface area (Å²) in [6.45, 7) is 64.0. The van der Waals surface area contributed by atoms with Gasteiger partial charge in [0.1, 0.15) is 23.0 Å². The Hall–Kier alpha value is -6.64. The molecule has 0 aliphatic carbocycles. The van der Waals surface area contributed by atoms with Gasteiger partial charge in [-0.2, -0.15) is 0 Å². The van der Waals surface area contributed by atoms with Gasteiger partial charge in [-0.15, -0.1) is 0 Å². The number of phenols is 4. The van der Waals surface area contributed by atoms with Gasteiger partial charge in [-0.3, -0.25) is 19.2 Å². The van der Waals surface area contributed by atoms with Crippen molar-refractivity contribution in [2.45, 2.75) is 364 Å². The van der Waals surface area contributed by atoms with Gasteiger partial charge in [0.05, 0.1) is 79.9 Å². The number of rotatable bonds is 32. The molecule has 20 nitrogen and oxygen atoms in total. The highest BCUT2D eigenvalue weighted by Gasteiger charge is 2.42. The lowest BCUT2D eigenvalue weighted by Crippen LogP contribution is -2.37. The maximum absolute atomic E-state index is 12.0. The van der Waals surface area contributed by atoms with Crippen molar-refractivity contribution in [2.24, 2.45) is 5.41 Å². The Balaban J connectivity index is 0.00000153. The number of hydrogen-bond donors (Lipinski definition) is 12. The molecule has 0 amide bonds. The van der Waals surface area contributed by atoms with Gasteiger partial charge in [-0.05, 0) is 238 Å². The van der Waals surface area contributed by atoms with E-state index < -0.39 is 53.5 Å². The second-order valence-corrected chi connectivity index (χ2v) is 42.8. The van der Waals surface area contributed by atoms with Crippen LogP contribution in [-0.4, -0.2) is 158 Å². The molecular weight excluding hydrogens is 1610 g/mol. The van der Waals surface area contributed by atoms with Crippen molar-refractivity contribution in [3.05, 3.63) is 115 Å². The first-order chi connectivity index (χ1) is 54.8. The van der Waals surface area contributed by atoms with Crippen LogP contribution >= 0.6 is 48.9 Å². The number of esters is 4. The van der Waals surface area contributed by atoms with Gasteiger partial charge in [-0.25, -0.2) is 0 Å². The molecule has 0 fully saturated rings. The lowest BCUT2D eigenvalue weighted by molar-refractivity contribution is -0.144. The zero-order valence-corrected chi connectivity index (χ0v) is 82.8. The number of hydrogen-bond acceptors (Lipinski definition) is 20. The molecule has 0 aromatic heterocycles. The van der Waals surface area contributed by atoms with E-state index in [2.05, 4.69) is 0 Å². The zero-order valence-electron chi connectivity index (χ0n) is 79.5. The van der Waals surface area contributed by atoms with Gasteiger partial charge in [0.15, 0.2) is 20.2 Å². The molecule has 4 atom stereocenters. The van der Waals surface area contributed by atoms with Crippen LogP contribution in [0, 0.1) is 5.41 Å². The van der Waals surface area contributed by atoms with E-state index >= 15 is 0 Å². The Labute approximate surface area is 747 Å². The summed E-state index contributed by atoms with van der Waals surface area (Å²) in [5.41, 5.74) is 2.55. The number of thiocarbonyl (C=S) groups is 4. The van der Waals surface area contributed by atoms with E-state index in [9.17, 15) is 60.0 Å². The summed E-state index contributed by atoms with van der Waals surface area (Å²) in [4.78, 5) is 48.1. The molecule has 4 aromatic carbocycles. The molecule has 0 aliphatic heterocycles. The summed E-state index contributed by atoms with van der Waals surface area (Å²) in [6, 6.07) is 15.3. The topological polar surface area (TPSA) is 348 Å². The van der Waals surface area contributed by atoms with Crippen molar-refractivity contribution in [1.82, 2.24) is 0 Å². The molecule has 4 rings (SSSR count). The van der Waals surface area contributed by atoms with Gasteiger partial charge < -0.3 is 80.2 Å². The van der Waals surface area contributed by atoms with Crippen LogP contribution in [0.3, 0.4) is 0 Å². The quantitative estimate of drug-likeness (QED) is 0.0123. The Bertz CT molecular complexity index is 3440. The van der Waals surface area contributed by atoms with E-state index in [0.29, 0.717) is 52.1 Å². The number of ether oxygens (including phenoxy) is 4. The van der Waals surface area contributed by atoms with E-state index in [4.69, 9.17) is 88.2 Å². The fourth-order valence-corrected chi connectivity index (χ4v) is 13.6. The maximum atomic E-state index is 12.0. The average Bonchev–Trinajstić information content (AvgIpc) is 0.775. The van der Waals surface area contributed by atoms with E-state index in [1.54, 1.807) is 0 Å². The van der Waals surface area contributed by atoms with Crippen LogP contribution in [0.4, 0.5) is 0 Å².